The van der Waals surface area contributed by atoms with Crippen molar-refractivity contribution in [1.82, 2.24) is 9.88 Å². The highest BCUT2D eigenvalue weighted by Crippen LogP contribution is 2.46. The number of hydrogen-bond donors (Lipinski definition) is 0. The van der Waals surface area contributed by atoms with Gasteiger partial charge in [0.1, 0.15) is 0 Å². The van der Waals surface area contributed by atoms with E-state index in [1.165, 1.54) is 44.3 Å². The Kier molecular flexibility index (Phi) is 2.51. The fourth-order valence-corrected chi connectivity index (χ4v) is 3.60. The van der Waals surface area contributed by atoms with Crippen LogP contribution in [-0.4, -0.2) is 23.0 Å². The summed E-state index contributed by atoms with van der Waals surface area (Å²) in [5, 5.41) is 0. The van der Waals surface area contributed by atoms with Crippen molar-refractivity contribution in [3.63, 3.8) is 0 Å². The number of pyridine rings is 1. The lowest BCUT2D eigenvalue weighted by molar-refractivity contribution is 0.196. The highest BCUT2D eigenvalue weighted by Gasteiger charge is 2.45. The molecule has 1 aromatic heterocycles. The van der Waals surface area contributed by atoms with Crippen molar-refractivity contribution in [3.05, 3.63) is 28.2 Å². The Morgan fingerprint density at radius 3 is 2.62 bits per heavy atom. The Labute approximate surface area is 103 Å². The average Bonchev–Trinajstić information content (AvgIpc) is 2.81. The molecule has 0 amide bonds. The van der Waals surface area contributed by atoms with E-state index in [0.717, 1.165) is 0 Å². The first-order valence-corrected chi connectivity index (χ1v) is 6.58. The van der Waals surface area contributed by atoms with Crippen molar-refractivity contribution in [2.24, 2.45) is 0 Å². The van der Waals surface area contributed by atoms with Gasteiger partial charge in [-0.2, -0.15) is 4.39 Å². The Morgan fingerprint density at radius 1 is 1.31 bits per heavy atom. The van der Waals surface area contributed by atoms with Gasteiger partial charge in [-0.1, -0.05) is 0 Å². The van der Waals surface area contributed by atoms with Gasteiger partial charge >= 0.3 is 0 Å². The number of fused-ring (bicyclic) bond motifs is 1. The lowest BCUT2D eigenvalue weighted by Gasteiger charge is -2.32. The van der Waals surface area contributed by atoms with Crippen LogP contribution < -0.4 is 0 Å². The Bertz CT molecular complexity index is 411. The maximum atomic E-state index is 13.2. The van der Waals surface area contributed by atoms with E-state index in [-0.39, 0.29) is 5.54 Å². The summed E-state index contributed by atoms with van der Waals surface area (Å²) in [6, 6.07) is 1.91. The number of halogens is 2. The van der Waals surface area contributed by atoms with Crippen LogP contribution >= 0.6 is 15.9 Å². The second kappa shape index (κ2) is 3.77. The number of rotatable bonds is 1. The molecule has 0 aromatic carbocycles. The molecule has 0 N–H and O–H groups in total. The second-order valence-electron chi connectivity index (χ2n) is 4.72. The minimum Gasteiger partial charge on any atom is -0.294 e. The Balaban J connectivity index is 2.04. The molecule has 0 saturated carbocycles. The van der Waals surface area contributed by atoms with Crippen LogP contribution in [0.15, 0.2) is 16.7 Å². The Morgan fingerprint density at radius 2 is 2.00 bits per heavy atom. The molecule has 3 heterocycles. The number of hydrogen-bond acceptors (Lipinski definition) is 2. The molecule has 0 bridgehead atoms. The minimum absolute atomic E-state index is 0.156. The fraction of sp³-hybridized carbons (Fsp3) is 0.583. The summed E-state index contributed by atoms with van der Waals surface area (Å²) in [5.41, 5.74) is 1.33. The predicted octanol–water partition coefficient (Wildman–Crippen LogP) is 3.07. The molecule has 4 heteroatoms. The molecule has 0 radical (unpaired) electrons. The van der Waals surface area contributed by atoms with E-state index in [9.17, 15) is 4.39 Å². The summed E-state index contributed by atoms with van der Waals surface area (Å²) in [5.74, 6) is -0.414. The summed E-state index contributed by atoms with van der Waals surface area (Å²) in [6.45, 7) is 2.35. The molecule has 0 aliphatic carbocycles. The molecule has 2 saturated heterocycles. The Hall–Kier alpha value is -0.480. The maximum Gasteiger partial charge on any atom is 0.227 e. The van der Waals surface area contributed by atoms with E-state index in [4.69, 9.17) is 0 Å². The summed E-state index contributed by atoms with van der Waals surface area (Å²) in [7, 11) is 0. The maximum absolute atomic E-state index is 13.2. The SMILES string of the molecule is Fc1ncc(C23CCCN2CCC3)cc1Br. The van der Waals surface area contributed by atoms with E-state index >= 15 is 0 Å². The molecule has 1 aromatic rings. The van der Waals surface area contributed by atoms with Gasteiger partial charge in [-0.25, -0.2) is 4.98 Å². The van der Waals surface area contributed by atoms with Gasteiger partial charge in [0, 0.05) is 11.7 Å². The van der Waals surface area contributed by atoms with Crippen LogP contribution in [0.5, 0.6) is 0 Å². The van der Waals surface area contributed by atoms with Gasteiger partial charge in [-0.05, 0) is 66.3 Å². The van der Waals surface area contributed by atoms with Crippen LogP contribution in [0.25, 0.3) is 0 Å². The normalized spacial score (nSPS) is 23.6. The standard InChI is InChI=1S/C12H14BrFN2/c13-10-7-9(8-15-11(10)14)12-3-1-5-16(12)6-2-4-12/h7-8H,1-6H2. The first-order chi connectivity index (χ1) is 7.72. The van der Waals surface area contributed by atoms with Crippen molar-refractivity contribution in [1.29, 1.82) is 0 Å². The van der Waals surface area contributed by atoms with Crippen LogP contribution in [-0.2, 0) is 5.54 Å². The average molecular weight is 285 g/mol. The third-order valence-electron chi connectivity index (χ3n) is 3.98. The van der Waals surface area contributed by atoms with Gasteiger partial charge in [0.2, 0.25) is 5.95 Å². The monoisotopic (exact) mass is 284 g/mol. The van der Waals surface area contributed by atoms with Crippen molar-refractivity contribution in [2.45, 2.75) is 31.2 Å². The smallest absolute Gasteiger partial charge is 0.227 e. The van der Waals surface area contributed by atoms with Gasteiger partial charge in [0.15, 0.2) is 0 Å². The van der Waals surface area contributed by atoms with Crippen LogP contribution in [0.4, 0.5) is 4.39 Å². The zero-order valence-corrected chi connectivity index (χ0v) is 10.6. The minimum atomic E-state index is -0.414. The second-order valence-corrected chi connectivity index (χ2v) is 5.58. The van der Waals surface area contributed by atoms with Gasteiger partial charge in [0.05, 0.1) is 4.47 Å². The number of aromatic nitrogens is 1. The largest absolute Gasteiger partial charge is 0.294 e. The zero-order valence-electron chi connectivity index (χ0n) is 9.05. The molecule has 2 aliphatic rings. The van der Waals surface area contributed by atoms with Crippen molar-refractivity contribution >= 4 is 15.9 Å². The molecular weight excluding hydrogens is 271 g/mol. The molecular formula is C12H14BrFN2. The molecule has 0 unspecified atom stereocenters. The van der Waals surface area contributed by atoms with Gasteiger partial charge in [0.25, 0.3) is 0 Å². The summed E-state index contributed by atoms with van der Waals surface area (Å²) in [6.07, 6.45) is 6.58. The molecule has 2 nitrogen and oxygen atoms in total. The van der Waals surface area contributed by atoms with Crippen LogP contribution in [0.2, 0.25) is 0 Å². The van der Waals surface area contributed by atoms with E-state index < -0.39 is 5.95 Å². The van der Waals surface area contributed by atoms with Crippen molar-refractivity contribution < 1.29 is 4.39 Å². The van der Waals surface area contributed by atoms with Crippen molar-refractivity contribution in [2.75, 3.05) is 13.1 Å². The molecule has 2 aliphatic heterocycles. The molecule has 16 heavy (non-hydrogen) atoms. The molecule has 86 valence electrons. The molecule has 2 fully saturated rings. The first-order valence-electron chi connectivity index (χ1n) is 5.79. The molecule has 0 spiro atoms. The fourth-order valence-electron chi connectivity index (χ4n) is 3.25. The van der Waals surface area contributed by atoms with Gasteiger partial charge in [-0.15, -0.1) is 0 Å². The number of nitrogens with zero attached hydrogens (tertiary/aromatic N) is 2. The summed E-state index contributed by atoms with van der Waals surface area (Å²) in [4.78, 5) is 6.37. The van der Waals surface area contributed by atoms with Crippen LogP contribution in [0.3, 0.4) is 0 Å². The third-order valence-corrected chi connectivity index (χ3v) is 4.53. The van der Waals surface area contributed by atoms with Gasteiger partial charge in [-0.3, -0.25) is 4.90 Å². The summed E-state index contributed by atoms with van der Waals surface area (Å²) >= 11 is 3.23. The quantitative estimate of drug-likeness (QED) is 0.737. The van der Waals surface area contributed by atoms with E-state index in [1.54, 1.807) is 6.20 Å². The third kappa shape index (κ3) is 1.43. The predicted molar refractivity (Wildman–Crippen MR) is 63.6 cm³/mol. The van der Waals surface area contributed by atoms with Crippen LogP contribution in [0.1, 0.15) is 31.2 Å². The highest BCUT2D eigenvalue weighted by atomic mass is 79.9. The molecule has 0 atom stereocenters. The summed E-state index contributed by atoms with van der Waals surface area (Å²) < 4.78 is 13.6. The lowest BCUT2D eigenvalue weighted by atomic mass is 9.87. The van der Waals surface area contributed by atoms with E-state index in [2.05, 4.69) is 25.8 Å². The van der Waals surface area contributed by atoms with Gasteiger partial charge < -0.3 is 0 Å². The van der Waals surface area contributed by atoms with Crippen molar-refractivity contribution in [3.8, 4) is 0 Å². The topological polar surface area (TPSA) is 16.1 Å². The molecule has 3 rings (SSSR count). The lowest BCUT2D eigenvalue weighted by Crippen LogP contribution is -2.35. The van der Waals surface area contributed by atoms with E-state index in [0.29, 0.717) is 4.47 Å². The van der Waals surface area contributed by atoms with E-state index in [1.807, 2.05) is 6.07 Å². The highest BCUT2D eigenvalue weighted by molar-refractivity contribution is 9.10. The first kappa shape index (κ1) is 10.7. The van der Waals surface area contributed by atoms with Crippen LogP contribution in [0, 0.1) is 5.95 Å². The zero-order chi connectivity index (χ0) is 11.2.